The lowest BCUT2D eigenvalue weighted by Crippen LogP contribution is -2.39. The molecule has 3 heterocycles. The molecule has 1 aromatic heterocycles. The molecule has 0 saturated carbocycles. The van der Waals surface area contributed by atoms with Crippen LogP contribution >= 0.6 is 0 Å². The Morgan fingerprint density at radius 1 is 1.57 bits per heavy atom. The Morgan fingerprint density at radius 3 is 3.10 bits per heavy atom. The Kier molecular flexibility index (Phi) is 3.99. The number of rotatable bonds is 3. The van der Waals surface area contributed by atoms with E-state index in [4.69, 9.17) is 4.74 Å². The van der Waals surface area contributed by atoms with Crippen LogP contribution in [-0.2, 0) is 29.2 Å². The van der Waals surface area contributed by atoms with Gasteiger partial charge in [0.2, 0.25) is 0 Å². The lowest BCUT2D eigenvalue weighted by Gasteiger charge is -2.24. The van der Waals surface area contributed by atoms with Gasteiger partial charge in [-0.1, -0.05) is 6.92 Å². The molecule has 2 aliphatic heterocycles. The van der Waals surface area contributed by atoms with E-state index in [-0.39, 0.29) is 24.0 Å². The highest BCUT2D eigenvalue weighted by Gasteiger charge is 2.36. The van der Waals surface area contributed by atoms with E-state index in [0.29, 0.717) is 6.54 Å². The summed E-state index contributed by atoms with van der Waals surface area (Å²) in [5.41, 5.74) is 2.31. The standard InChI is InChI=1S/C15H24N4O2/c1-10-6-11(2)21-14(10)15(20)18(3)9-12-7-17-19-5-4-16-8-13(12)19/h7,10-11,14,16H,4-6,8-9H2,1-3H3. The second-order valence-electron chi connectivity index (χ2n) is 6.29. The van der Waals surface area contributed by atoms with Gasteiger partial charge in [0.15, 0.2) is 0 Å². The highest BCUT2D eigenvalue weighted by Crippen LogP contribution is 2.27. The summed E-state index contributed by atoms with van der Waals surface area (Å²) in [5, 5.41) is 7.75. The molecule has 1 amide bonds. The number of aromatic nitrogens is 2. The number of amides is 1. The SMILES string of the molecule is CC1CC(C)C(C(=O)N(C)Cc2cnn3c2CNCC3)O1. The zero-order valence-corrected chi connectivity index (χ0v) is 13.0. The average Bonchev–Trinajstić information content (AvgIpc) is 3.02. The predicted molar refractivity (Wildman–Crippen MR) is 78.5 cm³/mol. The smallest absolute Gasteiger partial charge is 0.252 e. The molecule has 3 rings (SSSR count). The molecule has 116 valence electrons. The number of likely N-dealkylation sites (N-methyl/N-ethyl adjacent to an activating group) is 1. The molecule has 0 aromatic carbocycles. The zero-order valence-electron chi connectivity index (χ0n) is 13.0. The van der Waals surface area contributed by atoms with Gasteiger partial charge in [-0.2, -0.15) is 5.10 Å². The molecule has 0 spiro atoms. The molecule has 6 nitrogen and oxygen atoms in total. The number of carbonyl (C=O) groups excluding carboxylic acids is 1. The second-order valence-corrected chi connectivity index (χ2v) is 6.29. The van der Waals surface area contributed by atoms with Crippen molar-refractivity contribution in [3.05, 3.63) is 17.5 Å². The van der Waals surface area contributed by atoms with E-state index >= 15 is 0 Å². The van der Waals surface area contributed by atoms with Gasteiger partial charge in [0.1, 0.15) is 6.10 Å². The van der Waals surface area contributed by atoms with E-state index in [1.54, 1.807) is 4.90 Å². The quantitative estimate of drug-likeness (QED) is 0.893. The average molecular weight is 292 g/mol. The molecule has 3 atom stereocenters. The van der Waals surface area contributed by atoms with Gasteiger partial charge >= 0.3 is 0 Å². The topological polar surface area (TPSA) is 59.4 Å². The van der Waals surface area contributed by atoms with Crippen molar-refractivity contribution in [3.8, 4) is 0 Å². The minimum atomic E-state index is -0.297. The summed E-state index contributed by atoms with van der Waals surface area (Å²) < 4.78 is 7.79. The van der Waals surface area contributed by atoms with Crippen LogP contribution in [0.15, 0.2) is 6.20 Å². The van der Waals surface area contributed by atoms with E-state index in [1.165, 1.54) is 5.69 Å². The van der Waals surface area contributed by atoms with E-state index < -0.39 is 0 Å². The first-order valence-corrected chi connectivity index (χ1v) is 7.71. The fourth-order valence-electron chi connectivity index (χ4n) is 3.31. The Hall–Kier alpha value is -1.40. The van der Waals surface area contributed by atoms with Gasteiger partial charge in [-0.05, 0) is 19.3 Å². The van der Waals surface area contributed by atoms with Crippen molar-refractivity contribution in [2.75, 3.05) is 13.6 Å². The van der Waals surface area contributed by atoms with Crippen molar-refractivity contribution in [1.29, 1.82) is 0 Å². The highest BCUT2D eigenvalue weighted by atomic mass is 16.5. The predicted octanol–water partition coefficient (Wildman–Crippen LogP) is 0.758. The summed E-state index contributed by atoms with van der Waals surface area (Å²) in [6.07, 6.45) is 2.72. The van der Waals surface area contributed by atoms with Crippen molar-refractivity contribution in [2.24, 2.45) is 5.92 Å². The Morgan fingerprint density at radius 2 is 2.38 bits per heavy atom. The number of nitrogens with zero attached hydrogens (tertiary/aromatic N) is 3. The van der Waals surface area contributed by atoms with Crippen molar-refractivity contribution in [1.82, 2.24) is 20.0 Å². The van der Waals surface area contributed by atoms with Gasteiger partial charge in [-0.15, -0.1) is 0 Å². The van der Waals surface area contributed by atoms with Gasteiger partial charge in [0.05, 0.1) is 24.5 Å². The molecule has 1 saturated heterocycles. The third-order valence-corrected chi connectivity index (χ3v) is 4.45. The maximum atomic E-state index is 12.6. The summed E-state index contributed by atoms with van der Waals surface area (Å²) in [6.45, 7) is 7.39. The molecule has 1 aromatic rings. The minimum absolute atomic E-state index is 0.0792. The number of hydrogen-bond acceptors (Lipinski definition) is 4. The summed E-state index contributed by atoms with van der Waals surface area (Å²) in [4.78, 5) is 14.3. The molecule has 6 heteroatoms. The monoisotopic (exact) mass is 292 g/mol. The normalized spacial score (nSPS) is 28.4. The summed E-state index contributed by atoms with van der Waals surface area (Å²) in [5.74, 6) is 0.369. The van der Waals surface area contributed by atoms with Crippen LogP contribution in [0.1, 0.15) is 31.5 Å². The maximum absolute atomic E-state index is 12.6. The maximum Gasteiger partial charge on any atom is 0.252 e. The number of ether oxygens (including phenoxy) is 1. The second kappa shape index (κ2) is 5.77. The first-order valence-electron chi connectivity index (χ1n) is 7.71. The van der Waals surface area contributed by atoms with E-state index in [0.717, 1.165) is 31.6 Å². The van der Waals surface area contributed by atoms with Gasteiger partial charge in [-0.3, -0.25) is 9.48 Å². The van der Waals surface area contributed by atoms with E-state index in [1.807, 2.05) is 24.9 Å². The van der Waals surface area contributed by atoms with E-state index in [9.17, 15) is 4.79 Å². The van der Waals surface area contributed by atoms with Crippen LogP contribution in [-0.4, -0.2) is 46.4 Å². The molecular weight excluding hydrogens is 268 g/mol. The first kappa shape index (κ1) is 14.5. The third kappa shape index (κ3) is 2.82. The molecule has 1 fully saturated rings. The Balaban J connectivity index is 1.67. The van der Waals surface area contributed by atoms with Gasteiger partial charge in [0.25, 0.3) is 5.91 Å². The van der Waals surface area contributed by atoms with Crippen LogP contribution in [0.4, 0.5) is 0 Å². The number of hydrogen-bond donors (Lipinski definition) is 1. The lowest BCUT2D eigenvalue weighted by atomic mass is 10.0. The fourth-order valence-corrected chi connectivity index (χ4v) is 3.31. The molecule has 21 heavy (non-hydrogen) atoms. The largest absolute Gasteiger partial charge is 0.365 e. The lowest BCUT2D eigenvalue weighted by molar-refractivity contribution is -0.143. The Labute approximate surface area is 125 Å². The van der Waals surface area contributed by atoms with Crippen LogP contribution in [0, 0.1) is 5.92 Å². The summed E-state index contributed by atoms with van der Waals surface area (Å²) in [6, 6.07) is 0. The van der Waals surface area contributed by atoms with Gasteiger partial charge < -0.3 is 15.0 Å². The van der Waals surface area contributed by atoms with Crippen molar-refractivity contribution >= 4 is 5.91 Å². The molecule has 0 bridgehead atoms. The van der Waals surface area contributed by atoms with Crippen molar-refractivity contribution in [2.45, 2.75) is 52.1 Å². The minimum Gasteiger partial charge on any atom is -0.365 e. The van der Waals surface area contributed by atoms with Gasteiger partial charge in [-0.25, -0.2) is 0 Å². The third-order valence-electron chi connectivity index (χ3n) is 4.45. The number of carbonyl (C=O) groups is 1. The summed E-state index contributed by atoms with van der Waals surface area (Å²) >= 11 is 0. The molecule has 0 radical (unpaired) electrons. The molecule has 1 N–H and O–H groups in total. The molecule has 0 aliphatic carbocycles. The molecule has 3 unspecified atom stereocenters. The first-order chi connectivity index (χ1) is 10.1. The number of nitrogens with one attached hydrogen (secondary N) is 1. The van der Waals surface area contributed by atoms with Crippen LogP contribution in [0.25, 0.3) is 0 Å². The van der Waals surface area contributed by atoms with Crippen LogP contribution in [0.2, 0.25) is 0 Å². The molecular formula is C15H24N4O2. The molecule has 2 aliphatic rings. The van der Waals surface area contributed by atoms with E-state index in [2.05, 4.69) is 17.3 Å². The van der Waals surface area contributed by atoms with Crippen molar-refractivity contribution in [3.63, 3.8) is 0 Å². The van der Waals surface area contributed by atoms with Crippen LogP contribution in [0.3, 0.4) is 0 Å². The Bertz CT molecular complexity index is 528. The summed E-state index contributed by atoms with van der Waals surface area (Å²) in [7, 11) is 1.85. The highest BCUT2D eigenvalue weighted by molar-refractivity contribution is 5.81. The zero-order chi connectivity index (χ0) is 15.0. The van der Waals surface area contributed by atoms with Crippen LogP contribution < -0.4 is 5.32 Å². The van der Waals surface area contributed by atoms with Crippen LogP contribution in [0.5, 0.6) is 0 Å². The van der Waals surface area contributed by atoms with Crippen molar-refractivity contribution < 1.29 is 9.53 Å². The fraction of sp³-hybridized carbons (Fsp3) is 0.733. The number of fused-ring (bicyclic) bond motifs is 1. The van der Waals surface area contributed by atoms with Gasteiger partial charge in [0, 0.05) is 32.2 Å².